The number of hydrogen-bond donors (Lipinski definition) is 0. The number of rotatable bonds is 2. The van der Waals surface area contributed by atoms with Gasteiger partial charge in [-0.2, -0.15) is 0 Å². The number of alkyl halides is 1. The van der Waals surface area contributed by atoms with E-state index in [0.29, 0.717) is 0 Å². The van der Waals surface area contributed by atoms with Gasteiger partial charge in [0.15, 0.2) is 0 Å². The van der Waals surface area contributed by atoms with Crippen molar-refractivity contribution in [1.82, 2.24) is 0 Å². The predicted molar refractivity (Wildman–Crippen MR) is 53.0 cm³/mol. The molecule has 0 aromatic carbocycles. The molecule has 0 atom stereocenters. The van der Waals surface area contributed by atoms with E-state index in [1.807, 2.05) is 0 Å². The van der Waals surface area contributed by atoms with Crippen LogP contribution in [0.4, 0.5) is 0 Å². The predicted octanol–water partition coefficient (Wildman–Crippen LogP) is -0.818. The van der Waals surface area contributed by atoms with Gasteiger partial charge in [0.2, 0.25) is 0 Å². The Bertz CT molecular complexity index is 147. The van der Waals surface area contributed by atoms with E-state index in [1.54, 1.807) is 0 Å². The number of hydrogen-bond acceptors (Lipinski definition) is 0. The molecule has 1 fully saturated rings. The van der Waals surface area contributed by atoms with E-state index < -0.39 is 0 Å². The van der Waals surface area contributed by atoms with E-state index in [4.69, 9.17) is 0 Å². The summed E-state index contributed by atoms with van der Waals surface area (Å²) in [6.45, 7) is 7.84. The number of quaternary nitrogens is 1. The Morgan fingerprint density at radius 1 is 1.42 bits per heavy atom. The Hall–Kier alpha value is 0.660. The smallest absolute Gasteiger partial charge is 0.0883 e. The van der Waals surface area contributed by atoms with Crippen molar-refractivity contribution < 1.29 is 21.5 Å². The summed E-state index contributed by atoms with van der Waals surface area (Å²) in [6, 6.07) is 0. The SMILES string of the molecule is C=C1CC[N+](C)(CCBr)CC1.[Br-]. The van der Waals surface area contributed by atoms with Gasteiger partial charge in [-0.1, -0.05) is 28.1 Å². The fourth-order valence-corrected chi connectivity index (χ4v) is 2.38. The second-order valence-electron chi connectivity index (χ2n) is 3.73. The summed E-state index contributed by atoms with van der Waals surface area (Å²) >= 11 is 3.50. The van der Waals surface area contributed by atoms with Gasteiger partial charge in [0.25, 0.3) is 0 Å². The first-order valence-corrected chi connectivity index (χ1v) is 5.35. The average molecular weight is 299 g/mol. The van der Waals surface area contributed by atoms with Gasteiger partial charge in [-0.05, 0) is 0 Å². The van der Waals surface area contributed by atoms with Crippen molar-refractivity contribution in [1.29, 1.82) is 0 Å². The second kappa shape index (κ2) is 5.40. The maximum atomic E-state index is 4.02. The molecule has 0 unspecified atom stereocenters. The van der Waals surface area contributed by atoms with E-state index >= 15 is 0 Å². The van der Waals surface area contributed by atoms with Crippen molar-refractivity contribution in [2.45, 2.75) is 12.8 Å². The maximum Gasteiger partial charge on any atom is 0.0883 e. The number of likely N-dealkylation sites (tertiary alicyclic amines) is 1. The molecule has 0 aliphatic carbocycles. The van der Waals surface area contributed by atoms with Gasteiger partial charge in [0.05, 0.1) is 32.0 Å². The molecule has 0 spiro atoms. The molecule has 1 saturated heterocycles. The van der Waals surface area contributed by atoms with Crippen molar-refractivity contribution in [3.8, 4) is 0 Å². The van der Waals surface area contributed by atoms with Gasteiger partial charge < -0.3 is 21.5 Å². The van der Waals surface area contributed by atoms with Crippen LogP contribution in [0.1, 0.15) is 12.8 Å². The fraction of sp³-hybridized carbons (Fsp3) is 0.778. The van der Waals surface area contributed by atoms with E-state index in [2.05, 4.69) is 29.6 Å². The molecule has 0 N–H and O–H groups in total. The minimum Gasteiger partial charge on any atom is -1.00 e. The van der Waals surface area contributed by atoms with Gasteiger partial charge in [0, 0.05) is 12.8 Å². The number of halogens is 2. The van der Waals surface area contributed by atoms with Crippen molar-refractivity contribution in [2.24, 2.45) is 0 Å². The number of piperidine rings is 1. The van der Waals surface area contributed by atoms with Crippen LogP contribution < -0.4 is 17.0 Å². The van der Waals surface area contributed by atoms with Crippen LogP contribution in [0.25, 0.3) is 0 Å². The fourth-order valence-electron chi connectivity index (χ4n) is 1.52. The van der Waals surface area contributed by atoms with E-state index in [0.717, 1.165) is 5.33 Å². The second-order valence-corrected chi connectivity index (χ2v) is 4.52. The Morgan fingerprint density at radius 3 is 2.33 bits per heavy atom. The molecule has 0 aromatic heterocycles. The number of nitrogens with zero attached hydrogens (tertiary/aromatic N) is 1. The summed E-state index contributed by atoms with van der Waals surface area (Å²) in [5, 5.41) is 1.12. The molecule has 0 amide bonds. The highest BCUT2D eigenvalue weighted by molar-refractivity contribution is 9.09. The lowest BCUT2D eigenvalue weighted by Gasteiger charge is -2.38. The largest absolute Gasteiger partial charge is 1.00 e. The summed E-state index contributed by atoms with van der Waals surface area (Å²) in [5.41, 5.74) is 1.44. The van der Waals surface area contributed by atoms with Crippen LogP contribution in [0.5, 0.6) is 0 Å². The van der Waals surface area contributed by atoms with Gasteiger partial charge >= 0.3 is 0 Å². The third-order valence-corrected chi connectivity index (χ3v) is 2.99. The van der Waals surface area contributed by atoms with Crippen LogP contribution >= 0.6 is 15.9 Å². The van der Waals surface area contributed by atoms with Crippen LogP contribution in [-0.4, -0.2) is 36.5 Å². The summed E-state index contributed by atoms with van der Waals surface area (Å²) in [4.78, 5) is 0. The monoisotopic (exact) mass is 297 g/mol. The van der Waals surface area contributed by atoms with Crippen LogP contribution in [0.3, 0.4) is 0 Å². The Balaban J connectivity index is 0.00000121. The highest BCUT2D eigenvalue weighted by Gasteiger charge is 2.24. The molecule has 1 nitrogen and oxygen atoms in total. The van der Waals surface area contributed by atoms with Crippen molar-refractivity contribution in [2.75, 3.05) is 32.0 Å². The molecule has 1 heterocycles. The Kier molecular flexibility index (Phi) is 5.70. The standard InChI is InChI=1S/C9H17BrN.BrH/c1-9-3-6-11(2,7-4-9)8-5-10;/h1,3-8H2,2H3;1H/q+1;/p-1. The zero-order valence-electron chi connectivity index (χ0n) is 7.65. The summed E-state index contributed by atoms with van der Waals surface area (Å²) in [5.74, 6) is 0. The molecule has 0 radical (unpaired) electrons. The van der Waals surface area contributed by atoms with E-state index in [9.17, 15) is 0 Å². The third-order valence-electron chi connectivity index (χ3n) is 2.63. The highest BCUT2D eigenvalue weighted by atomic mass is 79.9. The molecule has 1 aliphatic rings. The minimum atomic E-state index is 0. The first-order chi connectivity index (χ1) is 5.16. The highest BCUT2D eigenvalue weighted by Crippen LogP contribution is 2.19. The molecular formula is C9H17Br2N. The molecule has 1 rings (SSSR count). The van der Waals surface area contributed by atoms with Crippen LogP contribution in [0.15, 0.2) is 12.2 Å². The lowest BCUT2D eigenvalue weighted by Crippen LogP contribution is -3.00. The van der Waals surface area contributed by atoms with Crippen molar-refractivity contribution >= 4 is 15.9 Å². The third kappa shape index (κ3) is 3.58. The first-order valence-electron chi connectivity index (χ1n) is 4.22. The molecular weight excluding hydrogens is 282 g/mol. The van der Waals surface area contributed by atoms with E-state index in [-0.39, 0.29) is 17.0 Å². The van der Waals surface area contributed by atoms with Crippen molar-refractivity contribution in [3.63, 3.8) is 0 Å². The van der Waals surface area contributed by atoms with Crippen LogP contribution in [0, 0.1) is 0 Å². The molecule has 72 valence electrons. The zero-order chi connectivity index (χ0) is 8.32. The van der Waals surface area contributed by atoms with Gasteiger partial charge in [-0.25, -0.2) is 0 Å². The average Bonchev–Trinajstić information content (AvgIpc) is 1.97. The topological polar surface area (TPSA) is 0 Å². The molecule has 0 bridgehead atoms. The first kappa shape index (κ1) is 12.7. The zero-order valence-corrected chi connectivity index (χ0v) is 10.8. The molecule has 1 aliphatic heterocycles. The van der Waals surface area contributed by atoms with E-state index in [1.165, 1.54) is 42.5 Å². The Morgan fingerprint density at radius 2 is 1.92 bits per heavy atom. The summed E-state index contributed by atoms with van der Waals surface area (Å²) in [7, 11) is 2.34. The maximum absolute atomic E-state index is 4.02. The molecule has 0 aromatic rings. The molecule has 12 heavy (non-hydrogen) atoms. The van der Waals surface area contributed by atoms with Gasteiger partial charge in [-0.15, -0.1) is 0 Å². The minimum absolute atomic E-state index is 0. The molecule has 3 heteroatoms. The van der Waals surface area contributed by atoms with Gasteiger partial charge in [0.1, 0.15) is 0 Å². The normalized spacial score (nSPS) is 21.7. The van der Waals surface area contributed by atoms with Gasteiger partial charge in [-0.3, -0.25) is 0 Å². The Labute approximate surface area is 94.3 Å². The van der Waals surface area contributed by atoms with Crippen LogP contribution in [0.2, 0.25) is 0 Å². The quantitative estimate of drug-likeness (QED) is 0.355. The summed E-state index contributed by atoms with van der Waals surface area (Å²) in [6.07, 6.45) is 2.45. The summed E-state index contributed by atoms with van der Waals surface area (Å²) < 4.78 is 1.23. The van der Waals surface area contributed by atoms with Crippen LogP contribution in [-0.2, 0) is 0 Å². The van der Waals surface area contributed by atoms with Crippen molar-refractivity contribution in [3.05, 3.63) is 12.2 Å². The molecule has 0 saturated carbocycles. The lowest BCUT2D eigenvalue weighted by atomic mass is 10.0. The lowest BCUT2D eigenvalue weighted by molar-refractivity contribution is -0.909.